The lowest BCUT2D eigenvalue weighted by atomic mass is 9.78. The van der Waals surface area contributed by atoms with E-state index in [-0.39, 0.29) is 57.5 Å². The molecule has 1 saturated heterocycles. The Bertz CT molecular complexity index is 5420. The van der Waals surface area contributed by atoms with Gasteiger partial charge in [-0.05, 0) is 167 Å². The molecule has 0 unspecified atom stereocenters. The minimum atomic E-state index is -1.47. The van der Waals surface area contributed by atoms with E-state index in [0.29, 0.717) is 23.2 Å². The van der Waals surface area contributed by atoms with Crippen LogP contribution in [0.25, 0.3) is 90.9 Å². The monoisotopic (exact) mass is 1490 g/mol. The number of aldehydes is 1. The van der Waals surface area contributed by atoms with Crippen LogP contribution in [0.2, 0.25) is 0 Å². The van der Waals surface area contributed by atoms with Crippen molar-refractivity contribution in [3.63, 3.8) is 0 Å². The number of ether oxygens (including phenoxy) is 5. The first kappa shape index (κ1) is 79.3. The van der Waals surface area contributed by atoms with Gasteiger partial charge in [-0.3, -0.25) is 33.5 Å². The van der Waals surface area contributed by atoms with E-state index in [4.69, 9.17) is 33.7 Å². The van der Waals surface area contributed by atoms with Crippen molar-refractivity contribution in [2.45, 2.75) is 208 Å². The number of fused-ring (bicyclic) bond motifs is 8. The van der Waals surface area contributed by atoms with E-state index in [1.807, 2.05) is 24.3 Å². The van der Waals surface area contributed by atoms with Crippen molar-refractivity contribution < 1.29 is 42.9 Å². The van der Waals surface area contributed by atoms with Gasteiger partial charge >= 0.3 is 23.6 Å². The number of aromatic amines is 3. The normalized spacial score (nSPS) is 15.9. The Labute approximate surface area is 650 Å². The number of hydrogen-bond acceptors (Lipinski definition) is 13. The molecule has 0 radical (unpaired) electrons. The van der Waals surface area contributed by atoms with Gasteiger partial charge in [0.15, 0.2) is 18.4 Å². The molecule has 7 heterocycles. The Kier molecular flexibility index (Phi) is 21.8. The highest BCUT2D eigenvalue weighted by molar-refractivity contribution is 6.00. The van der Waals surface area contributed by atoms with Gasteiger partial charge in [-0.1, -0.05) is 215 Å². The van der Waals surface area contributed by atoms with Crippen LogP contribution >= 0.6 is 0 Å². The number of rotatable bonds is 15. The van der Waals surface area contributed by atoms with E-state index < -0.39 is 60.3 Å². The summed E-state index contributed by atoms with van der Waals surface area (Å²) in [5.41, 5.74) is 19.7. The van der Waals surface area contributed by atoms with E-state index in [0.717, 1.165) is 114 Å². The highest BCUT2D eigenvalue weighted by Crippen LogP contribution is 2.45. The van der Waals surface area contributed by atoms with E-state index in [9.17, 15) is 28.8 Å². The highest BCUT2D eigenvalue weighted by atomic mass is 16.7. The molecule has 111 heavy (non-hydrogen) atoms. The van der Waals surface area contributed by atoms with E-state index in [1.54, 1.807) is 24.3 Å². The number of H-pyrrole nitrogens is 3. The van der Waals surface area contributed by atoms with Gasteiger partial charge in [0.2, 0.25) is 0 Å². The van der Waals surface area contributed by atoms with Crippen LogP contribution in [0, 0.1) is 11.8 Å². The summed E-state index contributed by atoms with van der Waals surface area (Å²) >= 11 is 0. The quantitative estimate of drug-likeness (QED) is 0.0286. The maximum absolute atomic E-state index is 13.6. The summed E-state index contributed by atoms with van der Waals surface area (Å²) in [5, 5.41) is 0. The molecule has 1 fully saturated rings. The molecule has 3 aliphatic heterocycles. The molecule has 0 aliphatic carbocycles. The van der Waals surface area contributed by atoms with Crippen molar-refractivity contribution in [3.8, 4) is 62.1 Å². The lowest BCUT2D eigenvalue weighted by molar-refractivity contribution is -0.166. The molecular formula is C94H102N6O11. The van der Waals surface area contributed by atoms with Crippen LogP contribution in [0.5, 0.6) is 5.75 Å². The number of esters is 3. The van der Waals surface area contributed by atoms with Crippen molar-refractivity contribution >= 4 is 70.6 Å². The molecule has 9 aromatic rings. The molecule has 17 nitrogen and oxygen atoms in total. The molecule has 0 amide bonds. The molecule has 574 valence electrons. The van der Waals surface area contributed by atoms with Crippen LogP contribution in [0.3, 0.4) is 0 Å². The number of nitrogens with zero attached hydrogens (tertiary/aromatic N) is 3. The van der Waals surface area contributed by atoms with Gasteiger partial charge in [0.25, 0.3) is 5.56 Å². The van der Waals surface area contributed by atoms with Gasteiger partial charge < -0.3 is 33.7 Å². The fourth-order valence-electron chi connectivity index (χ4n) is 14.0. The van der Waals surface area contributed by atoms with Gasteiger partial charge in [-0.25, -0.2) is 14.8 Å². The second kappa shape index (κ2) is 30.6. The molecular weight excluding hydrogens is 1390 g/mol. The maximum Gasteiger partial charge on any atom is 0.330 e. The second-order valence-electron chi connectivity index (χ2n) is 35.5. The molecule has 4 atom stereocenters. The van der Waals surface area contributed by atoms with Gasteiger partial charge in [0, 0.05) is 81.9 Å². The van der Waals surface area contributed by atoms with E-state index in [2.05, 4.69) is 255 Å². The zero-order chi connectivity index (χ0) is 80.2. The summed E-state index contributed by atoms with van der Waals surface area (Å²) < 4.78 is 30.5. The minimum Gasteiger partial charge on any atom is -0.494 e. The van der Waals surface area contributed by atoms with E-state index in [1.165, 1.54) is 33.4 Å². The number of nitrogens with one attached hydrogen (secondary N) is 3. The van der Waals surface area contributed by atoms with Crippen LogP contribution in [0.1, 0.15) is 235 Å². The summed E-state index contributed by atoms with van der Waals surface area (Å²) in [7, 11) is 0. The molecule has 8 bridgehead atoms. The first-order chi connectivity index (χ1) is 52.1. The fraction of sp³-hybridized carbons (Fsp3) is 0.362. The Morgan fingerprint density at radius 1 is 0.486 bits per heavy atom. The molecule has 4 aromatic heterocycles. The smallest absolute Gasteiger partial charge is 0.330 e. The Hall–Kier alpha value is -11.2. The van der Waals surface area contributed by atoms with Crippen LogP contribution in [-0.4, -0.2) is 85.2 Å². The largest absolute Gasteiger partial charge is 0.494 e. The molecule has 0 saturated carbocycles. The van der Waals surface area contributed by atoms with Crippen LogP contribution in [-0.2, 0) is 65.8 Å². The van der Waals surface area contributed by atoms with Crippen molar-refractivity contribution in [1.29, 1.82) is 0 Å². The summed E-state index contributed by atoms with van der Waals surface area (Å²) in [6.07, 6.45) is 5.12. The molecule has 0 spiro atoms. The molecule has 5 aromatic carbocycles. The molecule has 3 N–H and O–H groups in total. The number of hydrogen-bond donors (Lipinski definition) is 3. The van der Waals surface area contributed by atoms with Crippen molar-refractivity contribution in [2.75, 3.05) is 13.2 Å². The second-order valence-corrected chi connectivity index (χ2v) is 35.5. The maximum atomic E-state index is 13.6. The van der Waals surface area contributed by atoms with Gasteiger partial charge in [-0.15, -0.1) is 0 Å². The van der Waals surface area contributed by atoms with Crippen LogP contribution < -0.4 is 16.0 Å². The highest BCUT2D eigenvalue weighted by Gasteiger charge is 2.51. The van der Waals surface area contributed by atoms with Gasteiger partial charge in [0.1, 0.15) is 30.3 Å². The molecule has 12 rings (SSSR count). The zero-order valence-electron chi connectivity index (χ0n) is 67.6. The third-order valence-electron chi connectivity index (χ3n) is 20.5. The topological polar surface area (TPSA) is 227 Å². The number of carbonyl (C=O) groups excluding carboxylic acids is 4. The van der Waals surface area contributed by atoms with E-state index >= 15 is 0 Å². The summed E-state index contributed by atoms with van der Waals surface area (Å²) in [4.78, 5) is 98.3. The Morgan fingerprint density at radius 2 is 0.874 bits per heavy atom. The zero-order valence-corrected chi connectivity index (χ0v) is 67.6. The number of aromatic nitrogens is 6. The lowest BCUT2D eigenvalue weighted by Crippen LogP contribution is -2.42. The van der Waals surface area contributed by atoms with Crippen LogP contribution in [0.4, 0.5) is 0 Å². The summed E-state index contributed by atoms with van der Waals surface area (Å²) in [6.45, 7) is 42.8. The number of carbonyl (C=O) groups is 4. The predicted octanol–water partition coefficient (Wildman–Crippen LogP) is 19.3. The minimum absolute atomic E-state index is 0.0837. The molecule has 3 aliphatic rings. The van der Waals surface area contributed by atoms with Crippen molar-refractivity contribution in [2.24, 2.45) is 0 Å². The summed E-state index contributed by atoms with van der Waals surface area (Å²) in [5.74, 6) is 3.94. The average molecular weight is 1490 g/mol. The Balaban J connectivity index is 0.930. The van der Waals surface area contributed by atoms with Gasteiger partial charge in [-0.2, -0.15) is 0 Å². The number of benzene rings is 5. The standard InChI is InChI=1S/C94H102N6O11/c1-54(102)109-84-78(111-87(85(84)110-55(2)103)100-51-59(86(105)99-88(100)106)28-27-56-23-25-57(52-101)26-24-56)53-108-79(104)22-21-41-107-69-31-29-58(30-32-69)80-70-33-35-72(95-70)81(60-42-63(89(3,4)5)48-64(43-60)90(6,7)8)74-37-39-76(97-74)83(62-46-67(93(15,16)17)50-68(47-62)94(18,19)20)77-40-38-75(98-77)82(73-36-34-71(80)96-73)61-44-65(91(9,10)11)49-66(45-61)92(12,13)14/h23-26,29-40,42-52,78,84-85,87,95,98H,21-22,41,53H2,1-20H3,(H,99,105,106)/t78-,84-,85-,87-/m1/s1. The third-order valence-corrected chi connectivity index (χ3v) is 20.5. The van der Waals surface area contributed by atoms with Crippen molar-refractivity contribution in [1.82, 2.24) is 29.5 Å². The van der Waals surface area contributed by atoms with Crippen LogP contribution in [0.15, 0.2) is 143 Å². The van der Waals surface area contributed by atoms with Crippen molar-refractivity contribution in [3.05, 3.63) is 227 Å². The Morgan fingerprint density at radius 3 is 1.25 bits per heavy atom. The summed E-state index contributed by atoms with van der Waals surface area (Å²) in [6, 6.07) is 44.0. The lowest BCUT2D eigenvalue weighted by Gasteiger charge is -2.26. The SMILES string of the molecule is CC(=O)O[C@@H]1[C@H](OC(C)=O)[C@@H](COC(=O)CCCOc2ccc(-c3c4nc(c(-c5cc(C(C)(C)C)cc(C(C)(C)C)c5)c5ccc([nH]5)c(-c5cc(C(C)(C)C)cc(C(C)(C)C)c5)c5nc(c(-c6cc(C(C)(C)C)cc(C(C)(C)C)c6)c6ccc3[nH]6)C=C5)C=C4)cc2)O[C@H]1n1cc(C#Cc2ccc(C=O)cc2)c(=O)[nH]c1=O. The average Bonchev–Trinajstić information content (AvgIpc) is 1.72. The molecule has 17 heteroatoms. The fourth-order valence-corrected chi connectivity index (χ4v) is 14.0. The van der Waals surface area contributed by atoms with Gasteiger partial charge in [0.05, 0.1) is 29.4 Å². The third kappa shape index (κ3) is 17.8. The first-order valence-corrected chi connectivity index (χ1v) is 38.0. The first-order valence-electron chi connectivity index (χ1n) is 38.0. The predicted molar refractivity (Wildman–Crippen MR) is 443 cm³/mol.